The molecule has 1 heterocycles. The number of fused-ring (bicyclic) bond motifs is 1. The molecule has 1 aromatic carbocycles. The van der Waals surface area contributed by atoms with Gasteiger partial charge in [0, 0.05) is 6.54 Å². The molecule has 0 radical (unpaired) electrons. The van der Waals surface area contributed by atoms with Crippen LogP contribution in [0.3, 0.4) is 0 Å². The van der Waals surface area contributed by atoms with Crippen LogP contribution in [0.15, 0.2) is 24.3 Å². The van der Waals surface area contributed by atoms with Crippen LogP contribution < -0.4 is 11.1 Å². The van der Waals surface area contributed by atoms with Gasteiger partial charge in [-0.15, -0.1) is 24.8 Å². The van der Waals surface area contributed by atoms with Crippen molar-refractivity contribution in [1.29, 1.82) is 0 Å². The van der Waals surface area contributed by atoms with Crippen LogP contribution in [-0.2, 0) is 11.3 Å². The molecule has 1 saturated carbocycles. The van der Waals surface area contributed by atoms with E-state index in [1.165, 1.54) is 0 Å². The number of para-hydroxylation sites is 2. The Bertz CT molecular complexity index is 695. The molecule has 3 rings (SSSR count). The first-order valence-electron chi connectivity index (χ1n) is 8.10. The molecule has 0 spiro atoms. The highest BCUT2D eigenvalue weighted by Crippen LogP contribution is 2.28. The van der Waals surface area contributed by atoms with Crippen molar-refractivity contribution in [3.63, 3.8) is 0 Å². The minimum absolute atomic E-state index is 0. The van der Waals surface area contributed by atoms with Gasteiger partial charge in [0.15, 0.2) is 0 Å². The van der Waals surface area contributed by atoms with Crippen molar-refractivity contribution in [3.8, 4) is 0 Å². The maximum atomic E-state index is 12.5. The number of hydrogen-bond donors (Lipinski definition) is 2. The Morgan fingerprint density at radius 2 is 1.96 bits per heavy atom. The van der Waals surface area contributed by atoms with Crippen molar-refractivity contribution in [2.24, 2.45) is 5.73 Å². The van der Waals surface area contributed by atoms with Gasteiger partial charge in [0.05, 0.1) is 22.6 Å². The van der Waals surface area contributed by atoms with E-state index in [9.17, 15) is 4.79 Å². The van der Waals surface area contributed by atoms with E-state index < -0.39 is 5.54 Å². The number of aromatic nitrogens is 2. The lowest BCUT2D eigenvalue weighted by molar-refractivity contribution is -0.126. The molecule has 3 N–H and O–H groups in total. The highest BCUT2D eigenvalue weighted by molar-refractivity contribution is 5.87. The lowest BCUT2D eigenvalue weighted by Crippen LogP contribution is -2.52. The highest BCUT2D eigenvalue weighted by Gasteiger charge is 2.37. The predicted octanol–water partition coefficient (Wildman–Crippen LogP) is 3.35. The second kappa shape index (κ2) is 8.19. The molecular formula is C17H26Cl2N4O. The van der Waals surface area contributed by atoms with Gasteiger partial charge in [0.1, 0.15) is 5.82 Å². The first-order chi connectivity index (χ1) is 10.5. The Morgan fingerprint density at radius 3 is 2.58 bits per heavy atom. The summed E-state index contributed by atoms with van der Waals surface area (Å²) in [5.41, 5.74) is 7.60. The first-order valence-corrected chi connectivity index (χ1v) is 8.10. The zero-order valence-corrected chi connectivity index (χ0v) is 15.8. The quantitative estimate of drug-likeness (QED) is 0.863. The summed E-state index contributed by atoms with van der Waals surface area (Å²) >= 11 is 0. The molecule has 1 amide bonds. The third kappa shape index (κ3) is 3.68. The van der Waals surface area contributed by atoms with E-state index in [1.807, 2.05) is 25.1 Å². The number of benzene rings is 1. The summed E-state index contributed by atoms with van der Waals surface area (Å²) in [6, 6.07) is 7.90. The second-order valence-electron chi connectivity index (χ2n) is 6.26. The average Bonchev–Trinajstić information content (AvgIpc) is 3.11. The molecule has 1 aliphatic rings. The lowest BCUT2D eigenvalue weighted by atomic mass is 9.97. The maximum absolute atomic E-state index is 12.5. The predicted molar refractivity (Wildman–Crippen MR) is 102 cm³/mol. The van der Waals surface area contributed by atoms with Gasteiger partial charge in [-0.2, -0.15) is 0 Å². The van der Waals surface area contributed by atoms with E-state index in [1.54, 1.807) is 0 Å². The molecule has 2 aromatic rings. The molecule has 1 atom stereocenters. The van der Waals surface area contributed by atoms with E-state index >= 15 is 0 Å². The number of nitrogens with one attached hydrogen (secondary N) is 1. The summed E-state index contributed by atoms with van der Waals surface area (Å²) in [5.74, 6) is 0.839. The minimum atomic E-state index is -0.697. The van der Waals surface area contributed by atoms with Crippen molar-refractivity contribution in [3.05, 3.63) is 30.1 Å². The SMILES string of the molecule is CCn1c(C(C)NC(=O)C2(N)CCCC2)nc2ccccc21.Cl.Cl. The number of nitrogens with two attached hydrogens (primary N) is 1. The number of halogens is 2. The van der Waals surface area contributed by atoms with E-state index in [0.29, 0.717) is 0 Å². The Kier molecular flexibility index (Phi) is 7.08. The summed E-state index contributed by atoms with van der Waals surface area (Å²) < 4.78 is 2.15. The zero-order valence-electron chi connectivity index (χ0n) is 14.1. The van der Waals surface area contributed by atoms with Crippen molar-refractivity contribution in [2.45, 2.75) is 57.7 Å². The van der Waals surface area contributed by atoms with Gasteiger partial charge in [0.2, 0.25) is 5.91 Å². The van der Waals surface area contributed by atoms with Crippen LogP contribution in [0.5, 0.6) is 0 Å². The van der Waals surface area contributed by atoms with Crippen LogP contribution >= 0.6 is 24.8 Å². The molecule has 1 unspecified atom stereocenters. The fourth-order valence-electron chi connectivity index (χ4n) is 3.39. The van der Waals surface area contributed by atoms with E-state index in [4.69, 9.17) is 10.7 Å². The summed E-state index contributed by atoms with van der Waals surface area (Å²) in [6.07, 6.45) is 3.61. The number of aryl methyl sites for hydroxylation is 1. The standard InChI is InChI=1S/C17H24N4O.2ClH/c1-3-21-14-9-5-4-8-13(14)20-15(21)12(2)19-16(22)17(18)10-6-7-11-17;;/h4-5,8-9,12H,3,6-7,10-11,18H2,1-2H3,(H,19,22);2*1H. The van der Waals surface area contributed by atoms with E-state index in [0.717, 1.165) is 49.1 Å². The van der Waals surface area contributed by atoms with Gasteiger partial charge in [-0.3, -0.25) is 4.79 Å². The van der Waals surface area contributed by atoms with Gasteiger partial charge < -0.3 is 15.6 Å². The molecule has 1 aromatic heterocycles. The Morgan fingerprint density at radius 1 is 1.33 bits per heavy atom. The van der Waals surface area contributed by atoms with Crippen molar-refractivity contribution in [1.82, 2.24) is 14.9 Å². The van der Waals surface area contributed by atoms with Gasteiger partial charge in [-0.05, 0) is 38.8 Å². The summed E-state index contributed by atoms with van der Waals surface area (Å²) in [4.78, 5) is 17.2. The van der Waals surface area contributed by atoms with Crippen molar-refractivity contribution >= 4 is 41.8 Å². The van der Waals surface area contributed by atoms with Crippen molar-refractivity contribution in [2.75, 3.05) is 0 Å². The van der Waals surface area contributed by atoms with Gasteiger partial charge in [0.25, 0.3) is 0 Å². The lowest BCUT2D eigenvalue weighted by Gasteiger charge is -2.25. The monoisotopic (exact) mass is 372 g/mol. The fraction of sp³-hybridized carbons (Fsp3) is 0.529. The van der Waals surface area contributed by atoms with Crippen LogP contribution in [-0.4, -0.2) is 21.0 Å². The van der Waals surface area contributed by atoms with Gasteiger partial charge in [-0.1, -0.05) is 25.0 Å². The molecular weight excluding hydrogens is 347 g/mol. The summed E-state index contributed by atoms with van der Waals surface area (Å²) in [5, 5.41) is 3.07. The molecule has 0 bridgehead atoms. The summed E-state index contributed by atoms with van der Waals surface area (Å²) in [6.45, 7) is 4.89. The average molecular weight is 373 g/mol. The molecule has 134 valence electrons. The van der Waals surface area contributed by atoms with Crippen LogP contribution in [0.2, 0.25) is 0 Å². The van der Waals surface area contributed by atoms with E-state index in [2.05, 4.69) is 22.9 Å². The molecule has 5 nitrogen and oxygen atoms in total. The number of rotatable bonds is 4. The topological polar surface area (TPSA) is 72.9 Å². The molecule has 0 saturated heterocycles. The normalized spacial score (nSPS) is 17.0. The van der Waals surface area contributed by atoms with Crippen LogP contribution in [0.1, 0.15) is 51.4 Å². The number of amides is 1. The third-order valence-corrected chi connectivity index (χ3v) is 4.68. The fourth-order valence-corrected chi connectivity index (χ4v) is 3.39. The number of hydrogen-bond acceptors (Lipinski definition) is 3. The number of imidazole rings is 1. The minimum Gasteiger partial charge on any atom is -0.345 e. The zero-order chi connectivity index (χ0) is 15.7. The Labute approximate surface area is 155 Å². The Hall–Kier alpha value is -1.30. The molecule has 7 heteroatoms. The molecule has 24 heavy (non-hydrogen) atoms. The number of carbonyl (C=O) groups is 1. The molecule has 0 aliphatic heterocycles. The van der Waals surface area contributed by atoms with Crippen LogP contribution in [0, 0.1) is 0 Å². The van der Waals surface area contributed by atoms with Crippen molar-refractivity contribution < 1.29 is 4.79 Å². The number of carbonyl (C=O) groups excluding carboxylic acids is 1. The smallest absolute Gasteiger partial charge is 0.240 e. The molecule has 1 fully saturated rings. The maximum Gasteiger partial charge on any atom is 0.240 e. The van der Waals surface area contributed by atoms with Gasteiger partial charge in [-0.25, -0.2) is 4.98 Å². The largest absolute Gasteiger partial charge is 0.345 e. The Balaban J connectivity index is 0.00000144. The number of nitrogens with zero attached hydrogens (tertiary/aromatic N) is 2. The highest BCUT2D eigenvalue weighted by atomic mass is 35.5. The van der Waals surface area contributed by atoms with Crippen LogP contribution in [0.25, 0.3) is 11.0 Å². The van der Waals surface area contributed by atoms with E-state index in [-0.39, 0.29) is 36.8 Å². The van der Waals surface area contributed by atoms with Gasteiger partial charge >= 0.3 is 0 Å². The first kappa shape index (κ1) is 20.7. The molecule has 1 aliphatic carbocycles. The second-order valence-corrected chi connectivity index (χ2v) is 6.26. The van der Waals surface area contributed by atoms with Crippen LogP contribution in [0.4, 0.5) is 0 Å². The summed E-state index contributed by atoms with van der Waals surface area (Å²) in [7, 11) is 0. The third-order valence-electron chi connectivity index (χ3n) is 4.68.